The predicted molar refractivity (Wildman–Crippen MR) is 72.1 cm³/mol. The fourth-order valence-corrected chi connectivity index (χ4v) is 1.77. The van der Waals surface area contributed by atoms with Gasteiger partial charge in [0.1, 0.15) is 17.2 Å². The summed E-state index contributed by atoms with van der Waals surface area (Å²) in [6.07, 6.45) is 0. The van der Waals surface area contributed by atoms with Gasteiger partial charge in [-0.25, -0.2) is 8.78 Å². The van der Waals surface area contributed by atoms with Gasteiger partial charge in [0, 0.05) is 11.8 Å². The van der Waals surface area contributed by atoms with Crippen molar-refractivity contribution in [2.24, 2.45) is 0 Å². The Hall–Kier alpha value is -2.83. The van der Waals surface area contributed by atoms with Gasteiger partial charge in [-0.3, -0.25) is 14.9 Å². The first-order chi connectivity index (χ1) is 9.88. The topological polar surface area (TPSA) is 72.2 Å². The second-order valence-corrected chi connectivity index (χ2v) is 4.33. The number of carbonyl (C=O) groups excluding carboxylic acids is 1. The Kier molecular flexibility index (Phi) is 3.93. The van der Waals surface area contributed by atoms with Crippen molar-refractivity contribution in [2.45, 2.75) is 6.92 Å². The van der Waals surface area contributed by atoms with Crippen LogP contribution >= 0.6 is 0 Å². The van der Waals surface area contributed by atoms with E-state index in [9.17, 15) is 23.7 Å². The van der Waals surface area contributed by atoms with Crippen LogP contribution in [0.1, 0.15) is 15.9 Å². The van der Waals surface area contributed by atoms with Crippen LogP contribution in [-0.4, -0.2) is 10.8 Å². The number of hydrogen-bond acceptors (Lipinski definition) is 3. The lowest BCUT2D eigenvalue weighted by Crippen LogP contribution is -2.15. The maximum absolute atomic E-state index is 13.2. The summed E-state index contributed by atoms with van der Waals surface area (Å²) in [7, 11) is 0. The van der Waals surface area contributed by atoms with Gasteiger partial charge in [0.05, 0.1) is 4.92 Å². The standard InChI is InChI=1S/C14H10F2N2O3/c1-8-2-3-10(16)7-12(8)17-14(19)11-6-9(15)4-5-13(11)18(20)21/h2-7H,1H3,(H,17,19). The Bertz CT molecular complexity index is 732. The van der Waals surface area contributed by atoms with Crippen molar-refractivity contribution in [3.05, 3.63) is 69.3 Å². The van der Waals surface area contributed by atoms with E-state index in [4.69, 9.17) is 0 Å². The minimum absolute atomic E-state index is 0.165. The first-order valence-electron chi connectivity index (χ1n) is 5.90. The van der Waals surface area contributed by atoms with E-state index in [0.29, 0.717) is 5.56 Å². The average Bonchev–Trinajstić information content (AvgIpc) is 2.42. The van der Waals surface area contributed by atoms with Crippen LogP contribution in [0.5, 0.6) is 0 Å². The number of aryl methyl sites for hydroxylation is 1. The van der Waals surface area contributed by atoms with E-state index < -0.39 is 33.7 Å². The van der Waals surface area contributed by atoms with Crippen LogP contribution in [0.25, 0.3) is 0 Å². The molecule has 0 aliphatic heterocycles. The molecule has 1 N–H and O–H groups in total. The smallest absolute Gasteiger partial charge is 0.282 e. The van der Waals surface area contributed by atoms with Gasteiger partial charge in [0.25, 0.3) is 11.6 Å². The number of nitrogens with zero attached hydrogens (tertiary/aromatic N) is 1. The van der Waals surface area contributed by atoms with Crippen LogP contribution in [-0.2, 0) is 0 Å². The minimum atomic E-state index is -0.880. The molecule has 0 spiro atoms. The van der Waals surface area contributed by atoms with Gasteiger partial charge >= 0.3 is 0 Å². The zero-order valence-corrected chi connectivity index (χ0v) is 10.9. The van der Waals surface area contributed by atoms with Crippen molar-refractivity contribution >= 4 is 17.3 Å². The van der Waals surface area contributed by atoms with Gasteiger partial charge in [-0.05, 0) is 36.8 Å². The number of carbonyl (C=O) groups is 1. The van der Waals surface area contributed by atoms with E-state index in [1.54, 1.807) is 6.92 Å². The highest BCUT2D eigenvalue weighted by Gasteiger charge is 2.21. The molecule has 0 heterocycles. The van der Waals surface area contributed by atoms with Crippen LogP contribution in [0, 0.1) is 28.7 Å². The van der Waals surface area contributed by atoms with Crippen molar-refractivity contribution in [2.75, 3.05) is 5.32 Å². The van der Waals surface area contributed by atoms with E-state index in [-0.39, 0.29) is 5.69 Å². The molecule has 0 unspecified atom stereocenters. The lowest BCUT2D eigenvalue weighted by atomic mass is 10.1. The molecule has 0 aliphatic carbocycles. The summed E-state index contributed by atoms with van der Waals surface area (Å²) in [6, 6.07) is 6.31. The monoisotopic (exact) mass is 292 g/mol. The molecule has 5 nitrogen and oxygen atoms in total. The summed E-state index contributed by atoms with van der Waals surface area (Å²) in [5.41, 5.74) is -0.214. The highest BCUT2D eigenvalue weighted by molar-refractivity contribution is 6.07. The molecular weight excluding hydrogens is 282 g/mol. The van der Waals surface area contributed by atoms with Gasteiger partial charge in [-0.2, -0.15) is 0 Å². The second-order valence-electron chi connectivity index (χ2n) is 4.33. The number of hydrogen-bond donors (Lipinski definition) is 1. The fraction of sp³-hybridized carbons (Fsp3) is 0.0714. The largest absolute Gasteiger partial charge is 0.321 e. The van der Waals surface area contributed by atoms with E-state index in [0.717, 1.165) is 24.3 Å². The molecule has 7 heteroatoms. The molecular formula is C14H10F2N2O3. The Balaban J connectivity index is 2.39. The summed E-state index contributed by atoms with van der Waals surface area (Å²) >= 11 is 0. The molecule has 0 aliphatic rings. The molecule has 1 amide bonds. The number of amides is 1. The lowest BCUT2D eigenvalue weighted by Gasteiger charge is -2.09. The summed E-state index contributed by atoms with van der Waals surface area (Å²) < 4.78 is 26.3. The number of nitro groups is 1. The highest BCUT2D eigenvalue weighted by Crippen LogP contribution is 2.22. The lowest BCUT2D eigenvalue weighted by molar-refractivity contribution is -0.385. The summed E-state index contributed by atoms with van der Waals surface area (Å²) in [5, 5.41) is 13.2. The normalized spacial score (nSPS) is 10.2. The van der Waals surface area contributed by atoms with Gasteiger partial charge in [-0.15, -0.1) is 0 Å². The SMILES string of the molecule is Cc1ccc(F)cc1NC(=O)c1cc(F)ccc1[N+](=O)[O-]. The van der Waals surface area contributed by atoms with Crippen molar-refractivity contribution < 1.29 is 18.5 Å². The van der Waals surface area contributed by atoms with E-state index >= 15 is 0 Å². The minimum Gasteiger partial charge on any atom is -0.321 e. The quantitative estimate of drug-likeness (QED) is 0.695. The number of halogens is 2. The molecule has 2 rings (SSSR count). The van der Waals surface area contributed by atoms with Gasteiger partial charge in [-0.1, -0.05) is 6.07 Å². The second kappa shape index (κ2) is 5.66. The first kappa shape index (κ1) is 14.6. The number of nitro benzene ring substituents is 1. The summed E-state index contributed by atoms with van der Waals surface area (Å²) in [5.74, 6) is -2.22. The van der Waals surface area contributed by atoms with Crippen molar-refractivity contribution in [3.63, 3.8) is 0 Å². The zero-order valence-electron chi connectivity index (χ0n) is 10.9. The molecule has 0 bridgehead atoms. The van der Waals surface area contributed by atoms with E-state index in [1.807, 2.05) is 0 Å². The third-order valence-corrected chi connectivity index (χ3v) is 2.85. The molecule has 0 saturated carbocycles. The Labute approximate surface area is 118 Å². The molecule has 0 radical (unpaired) electrons. The molecule has 0 fully saturated rings. The van der Waals surface area contributed by atoms with Crippen molar-refractivity contribution in [3.8, 4) is 0 Å². The summed E-state index contributed by atoms with van der Waals surface area (Å²) in [4.78, 5) is 22.1. The third-order valence-electron chi connectivity index (χ3n) is 2.85. The number of rotatable bonds is 3. The van der Waals surface area contributed by atoms with Crippen molar-refractivity contribution in [1.29, 1.82) is 0 Å². The Morgan fingerprint density at radius 3 is 2.43 bits per heavy atom. The number of benzene rings is 2. The summed E-state index contributed by atoms with van der Waals surface area (Å²) in [6.45, 7) is 1.63. The molecule has 108 valence electrons. The molecule has 21 heavy (non-hydrogen) atoms. The van der Waals surface area contributed by atoms with Crippen LogP contribution in [0.4, 0.5) is 20.2 Å². The predicted octanol–water partition coefficient (Wildman–Crippen LogP) is 3.43. The van der Waals surface area contributed by atoms with Gasteiger partial charge in [0.15, 0.2) is 0 Å². The maximum Gasteiger partial charge on any atom is 0.282 e. The van der Waals surface area contributed by atoms with E-state index in [2.05, 4.69) is 5.32 Å². The first-order valence-corrected chi connectivity index (χ1v) is 5.90. The third kappa shape index (κ3) is 3.19. The number of nitrogens with one attached hydrogen (secondary N) is 1. The fourth-order valence-electron chi connectivity index (χ4n) is 1.77. The Morgan fingerprint density at radius 1 is 1.14 bits per heavy atom. The van der Waals surface area contributed by atoms with Crippen LogP contribution < -0.4 is 5.32 Å². The van der Waals surface area contributed by atoms with E-state index in [1.165, 1.54) is 12.1 Å². The molecule has 0 aromatic heterocycles. The highest BCUT2D eigenvalue weighted by atomic mass is 19.1. The van der Waals surface area contributed by atoms with Crippen LogP contribution in [0.15, 0.2) is 36.4 Å². The van der Waals surface area contributed by atoms with Crippen molar-refractivity contribution in [1.82, 2.24) is 0 Å². The van der Waals surface area contributed by atoms with Crippen LogP contribution in [0.3, 0.4) is 0 Å². The average molecular weight is 292 g/mol. The molecule has 0 saturated heterocycles. The molecule has 2 aromatic rings. The maximum atomic E-state index is 13.2. The van der Waals surface area contributed by atoms with Crippen LogP contribution in [0.2, 0.25) is 0 Å². The Morgan fingerprint density at radius 2 is 1.76 bits per heavy atom. The molecule has 0 atom stereocenters. The zero-order chi connectivity index (χ0) is 15.6. The van der Waals surface area contributed by atoms with Gasteiger partial charge < -0.3 is 5.32 Å². The van der Waals surface area contributed by atoms with Gasteiger partial charge in [0.2, 0.25) is 0 Å². The molecule has 2 aromatic carbocycles. The number of anilines is 1.